The molecule has 12 heteroatoms. The van der Waals surface area contributed by atoms with E-state index in [1.54, 1.807) is 6.92 Å². The minimum absolute atomic E-state index is 0.00165. The number of halogens is 6. The minimum atomic E-state index is -4.45. The summed E-state index contributed by atoms with van der Waals surface area (Å²) < 4.78 is 92.2. The summed E-state index contributed by atoms with van der Waals surface area (Å²) in [5.74, 6) is -0.738. The molecular weight excluding hydrogens is 414 g/mol. The molecule has 0 heterocycles. The fourth-order valence-electron chi connectivity index (χ4n) is 2.03. The van der Waals surface area contributed by atoms with Crippen LogP contribution >= 0.6 is 0 Å². The van der Waals surface area contributed by atoms with E-state index in [0.717, 1.165) is 0 Å². The smallest absolute Gasteiger partial charge is 0.396 e. The lowest BCUT2D eigenvalue weighted by atomic mass is 9.94. The van der Waals surface area contributed by atoms with Crippen LogP contribution in [-0.4, -0.2) is 88.6 Å². The third kappa shape index (κ3) is 16.8. The average molecular weight is 444 g/mol. The number of rotatable bonds is 16. The van der Waals surface area contributed by atoms with Crippen LogP contribution < -0.4 is 0 Å². The predicted octanol–water partition coefficient (Wildman–Crippen LogP) is 2.42. The Labute approximate surface area is 166 Å². The van der Waals surface area contributed by atoms with Crippen LogP contribution in [0.1, 0.15) is 13.8 Å². The highest BCUT2D eigenvalue weighted by Crippen LogP contribution is 2.20. The Hall–Kier alpha value is -0.660. The van der Waals surface area contributed by atoms with Crippen molar-refractivity contribution in [3.63, 3.8) is 0 Å². The summed E-state index contributed by atoms with van der Waals surface area (Å²) in [5, 5.41) is 18.5. The fourth-order valence-corrected chi connectivity index (χ4v) is 2.03. The maximum absolute atomic E-state index is 12.1. The maximum atomic E-state index is 12.1. The van der Waals surface area contributed by atoms with Gasteiger partial charge in [0.05, 0.1) is 52.9 Å². The number of alkyl halides is 6. The van der Waals surface area contributed by atoms with E-state index >= 15 is 0 Å². The molecule has 0 spiro atoms. The molecule has 0 aromatic carbocycles. The van der Waals surface area contributed by atoms with Crippen LogP contribution in [0.4, 0.5) is 26.3 Å². The van der Waals surface area contributed by atoms with Gasteiger partial charge < -0.3 is 29.2 Å². The molecule has 0 aliphatic heterocycles. The van der Waals surface area contributed by atoms with Crippen molar-refractivity contribution in [3.8, 4) is 0 Å². The van der Waals surface area contributed by atoms with Crippen LogP contribution in [-0.2, 0) is 18.9 Å². The second kappa shape index (κ2) is 13.6. The van der Waals surface area contributed by atoms with E-state index in [1.165, 1.54) is 6.92 Å². The number of hydrogen-bond donors (Lipinski definition) is 2. The van der Waals surface area contributed by atoms with E-state index in [0.29, 0.717) is 0 Å². The van der Waals surface area contributed by atoms with Gasteiger partial charge in [0, 0.05) is 17.3 Å². The van der Waals surface area contributed by atoms with Crippen LogP contribution in [0, 0.1) is 17.3 Å². The first kappa shape index (κ1) is 28.3. The molecule has 0 amide bonds. The van der Waals surface area contributed by atoms with E-state index in [1.807, 2.05) is 0 Å². The molecule has 0 aromatic rings. The average Bonchev–Trinajstić information content (AvgIpc) is 2.58. The van der Waals surface area contributed by atoms with Crippen molar-refractivity contribution in [2.45, 2.75) is 26.2 Å². The lowest BCUT2D eigenvalue weighted by Crippen LogP contribution is -2.35. The van der Waals surface area contributed by atoms with Gasteiger partial charge in [0.15, 0.2) is 0 Å². The predicted molar refractivity (Wildman–Crippen MR) is 90.3 cm³/mol. The van der Waals surface area contributed by atoms with Gasteiger partial charge in [-0.05, 0) is 0 Å². The molecule has 0 aliphatic carbocycles. The molecule has 0 fully saturated rings. The van der Waals surface area contributed by atoms with Crippen LogP contribution in [0.5, 0.6) is 0 Å². The summed E-state index contributed by atoms with van der Waals surface area (Å²) >= 11 is 0. The van der Waals surface area contributed by atoms with E-state index in [-0.39, 0.29) is 45.6 Å². The summed E-state index contributed by atoms with van der Waals surface area (Å²) in [6, 6.07) is 0. The van der Waals surface area contributed by atoms with Crippen molar-refractivity contribution in [1.82, 2.24) is 0 Å². The molecule has 3 atom stereocenters. The maximum Gasteiger partial charge on any atom is 0.411 e. The van der Waals surface area contributed by atoms with Gasteiger partial charge in [-0.2, -0.15) is 26.3 Å². The van der Waals surface area contributed by atoms with Crippen molar-refractivity contribution in [3.05, 3.63) is 0 Å². The number of aliphatic hydroxyl groups is 2. The zero-order valence-corrected chi connectivity index (χ0v) is 16.5. The molecular formula is C17H30F6O6. The van der Waals surface area contributed by atoms with Gasteiger partial charge in [0.2, 0.25) is 0 Å². The topological polar surface area (TPSA) is 77.4 Å². The normalized spacial score (nSPS) is 17.2. The second-order valence-corrected chi connectivity index (χ2v) is 7.41. The zero-order valence-electron chi connectivity index (χ0n) is 16.5. The zero-order chi connectivity index (χ0) is 22.6. The standard InChI is InChI=1S/C17H30F6O6/c1-13(4-26-6-14(3-24)7-28-11-16(18,19)20)5-27-9-15(2,8-25)10-29-12-17(21,22)23/h13-14,24-25H,3-12H2,1-2H3. The molecule has 0 saturated carbocycles. The van der Waals surface area contributed by atoms with Gasteiger partial charge >= 0.3 is 12.4 Å². The number of ether oxygens (including phenoxy) is 4. The van der Waals surface area contributed by atoms with Gasteiger partial charge in [-0.3, -0.25) is 0 Å². The van der Waals surface area contributed by atoms with Gasteiger partial charge in [-0.25, -0.2) is 0 Å². The SMILES string of the molecule is CC(COCC(CO)COCC(F)(F)F)COCC(C)(CO)COCC(F)(F)F. The minimum Gasteiger partial charge on any atom is -0.396 e. The third-order valence-corrected chi connectivity index (χ3v) is 3.58. The lowest BCUT2D eigenvalue weighted by Gasteiger charge is -2.27. The van der Waals surface area contributed by atoms with Crippen molar-refractivity contribution in [1.29, 1.82) is 0 Å². The Kier molecular flexibility index (Phi) is 13.3. The van der Waals surface area contributed by atoms with Crippen molar-refractivity contribution < 1.29 is 55.5 Å². The highest BCUT2D eigenvalue weighted by Gasteiger charge is 2.31. The summed E-state index contributed by atoms with van der Waals surface area (Å²) in [6.07, 6.45) is -8.89. The molecule has 0 radical (unpaired) electrons. The van der Waals surface area contributed by atoms with Crippen molar-refractivity contribution in [2.24, 2.45) is 17.3 Å². The molecule has 176 valence electrons. The van der Waals surface area contributed by atoms with Crippen LogP contribution in [0.15, 0.2) is 0 Å². The van der Waals surface area contributed by atoms with E-state index in [4.69, 9.17) is 14.6 Å². The largest absolute Gasteiger partial charge is 0.411 e. The summed E-state index contributed by atoms with van der Waals surface area (Å²) in [4.78, 5) is 0. The highest BCUT2D eigenvalue weighted by atomic mass is 19.4. The summed E-state index contributed by atoms with van der Waals surface area (Å²) in [5.41, 5.74) is -0.996. The van der Waals surface area contributed by atoms with Crippen molar-refractivity contribution >= 4 is 0 Å². The Morgan fingerprint density at radius 2 is 1.14 bits per heavy atom. The molecule has 0 aromatic heterocycles. The number of aliphatic hydroxyl groups excluding tert-OH is 2. The molecule has 2 N–H and O–H groups in total. The van der Waals surface area contributed by atoms with E-state index < -0.39 is 50.1 Å². The van der Waals surface area contributed by atoms with E-state index in [9.17, 15) is 31.4 Å². The molecule has 29 heavy (non-hydrogen) atoms. The van der Waals surface area contributed by atoms with Crippen LogP contribution in [0.3, 0.4) is 0 Å². The van der Waals surface area contributed by atoms with Crippen LogP contribution in [0.25, 0.3) is 0 Å². The van der Waals surface area contributed by atoms with Crippen molar-refractivity contribution in [2.75, 3.05) is 66.1 Å². The molecule has 0 rings (SSSR count). The Balaban J connectivity index is 4.01. The Morgan fingerprint density at radius 1 is 0.690 bits per heavy atom. The first-order valence-corrected chi connectivity index (χ1v) is 8.96. The first-order chi connectivity index (χ1) is 13.3. The molecule has 0 aliphatic rings. The van der Waals surface area contributed by atoms with Gasteiger partial charge in [0.1, 0.15) is 13.2 Å². The number of hydrogen-bond acceptors (Lipinski definition) is 6. The monoisotopic (exact) mass is 444 g/mol. The summed E-state index contributed by atoms with van der Waals surface area (Å²) in [7, 11) is 0. The van der Waals surface area contributed by atoms with Gasteiger partial charge in [-0.1, -0.05) is 13.8 Å². The fraction of sp³-hybridized carbons (Fsp3) is 1.00. The van der Waals surface area contributed by atoms with Gasteiger partial charge in [-0.15, -0.1) is 0 Å². The molecule has 6 nitrogen and oxygen atoms in total. The Bertz CT molecular complexity index is 420. The quantitative estimate of drug-likeness (QED) is 0.356. The van der Waals surface area contributed by atoms with E-state index in [2.05, 4.69) is 9.47 Å². The molecule has 0 saturated heterocycles. The Morgan fingerprint density at radius 3 is 1.66 bits per heavy atom. The molecule has 3 unspecified atom stereocenters. The third-order valence-electron chi connectivity index (χ3n) is 3.58. The van der Waals surface area contributed by atoms with Crippen LogP contribution in [0.2, 0.25) is 0 Å². The first-order valence-electron chi connectivity index (χ1n) is 8.96. The second-order valence-electron chi connectivity index (χ2n) is 7.41. The lowest BCUT2D eigenvalue weighted by molar-refractivity contribution is -0.184. The molecule has 0 bridgehead atoms. The highest BCUT2D eigenvalue weighted by molar-refractivity contribution is 4.73. The van der Waals surface area contributed by atoms with Gasteiger partial charge in [0.25, 0.3) is 0 Å². The summed E-state index contributed by atoms with van der Waals surface area (Å²) in [6.45, 7) is -0.621.